The lowest BCUT2D eigenvalue weighted by molar-refractivity contribution is 0.0400. The summed E-state index contributed by atoms with van der Waals surface area (Å²) in [5.74, 6) is 0.856. The summed E-state index contributed by atoms with van der Waals surface area (Å²) in [7, 11) is 0. The van der Waals surface area contributed by atoms with Crippen LogP contribution in [0.4, 0.5) is 0 Å². The van der Waals surface area contributed by atoms with Crippen molar-refractivity contribution in [3.8, 4) is 5.75 Å². The van der Waals surface area contributed by atoms with E-state index in [1.54, 1.807) is 11.3 Å². The molecule has 19 heavy (non-hydrogen) atoms. The fourth-order valence-electron chi connectivity index (χ4n) is 1.63. The van der Waals surface area contributed by atoms with Crippen molar-refractivity contribution >= 4 is 27.3 Å². The highest BCUT2D eigenvalue weighted by molar-refractivity contribution is 9.10. The molecule has 0 saturated carbocycles. The van der Waals surface area contributed by atoms with Crippen LogP contribution in [0.2, 0.25) is 0 Å². The fourth-order valence-corrected chi connectivity index (χ4v) is 3.14. The molecule has 1 unspecified atom stereocenters. The minimum absolute atomic E-state index is 0.0596. The van der Waals surface area contributed by atoms with Gasteiger partial charge in [0.05, 0.1) is 6.61 Å². The second-order valence-corrected chi connectivity index (χ2v) is 5.78. The maximum atomic E-state index is 5.75. The van der Waals surface area contributed by atoms with Crippen molar-refractivity contribution in [2.75, 3.05) is 19.8 Å². The largest absolute Gasteiger partial charge is 0.491 e. The van der Waals surface area contributed by atoms with Gasteiger partial charge in [0.15, 0.2) is 0 Å². The van der Waals surface area contributed by atoms with Gasteiger partial charge in [0, 0.05) is 21.3 Å². The molecule has 1 atom stereocenters. The van der Waals surface area contributed by atoms with Crippen LogP contribution in [0, 0.1) is 0 Å². The lowest BCUT2D eigenvalue weighted by Gasteiger charge is -2.14. The van der Waals surface area contributed by atoms with Crippen molar-refractivity contribution in [3.05, 3.63) is 51.1 Å². The van der Waals surface area contributed by atoms with Gasteiger partial charge in [-0.3, -0.25) is 0 Å². The normalized spacial score (nSPS) is 12.3. The van der Waals surface area contributed by atoms with Gasteiger partial charge < -0.3 is 15.2 Å². The van der Waals surface area contributed by atoms with Gasteiger partial charge in [-0.1, -0.05) is 18.2 Å². The molecule has 2 aromatic rings. The molecule has 0 spiro atoms. The summed E-state index contributed by atoms with van der Waals surface area (Å²) in [6.45, 7) is 1.51. The summed E-state index contributed by atoms with van der Waals surface area (Å²) in [5, 5.41) is 2.03. The van der Waals surface area contributed by atoms with Crippen LogP contribution in [0.5, 0.6) is 5.75 Å². The molecule has 0 saturated heterocycles. The van der Waals surface area contributed by atoms with Gasteiger partial charge in [-0.15, -0.1) is 11.3 Å². The van der Waals surface area contributed by atoms with E-state index in [-0.39, 0.29) is 6.10 Å². The first kappa shape index (κ1) is 14.5. The van der Waals surface area contributed by atoms with E-state index in [0.717, 1.165) is 15.1 Å². The molecule has 2 N–H and O–H groups in total. The summed E-state index contributed by atoms with van der Waals surface area (Å²) in [6.07, 6.45) is -0.0596. The van der Waals surface area contributed by atoms with Crippen LogP contribution in [0.25, 0.3) is 0 Å². The zero-order valence-corrected chi connectivity index (χ0v) is 12.8. The molecule has 102 valence electrons. The first-order valence-corrected chi connectivity index (χ1v) is 7.70. The lowest BCUT2D eigenvalue weighted by Crippen LogP contribution is -2.18. The van der Waals surface area contributed by atoms with Crippen molar-refractivity contribution in [2.45, 2.75) is 6.10 Å². The van der Waals surface area contributed by atoms with Crippen molar-refractivity contribution in [3.63, 3.8) is 0 Å². The molecule has 0 bridgehead atoms. The molecule has 5 heteroatoms. The average molecular weight is 342 g/mol. The van der Waals surface area contributed by atoms with E-state index < -0.39 is 0 Å². The zero-order valence-electron chi connectivity index (χ0n) is 10.4. The molecule has 1 aromatic carbocycles. The molecular weight excluding hydrogens is 326 g/mol. The lowest BCUT2D eigenvalue weighted by atomic mass is 10.3. The highest BCUT2D eigenvalue weighted by atomic mass is 79.9. The van der Waals surface area contributed by atoms with Gasteiger partial charge in [0.25, 0.3) is 0 Å². The quantitative estimate of drug-likeness (QED) is 0.782. The second-order valence-electron chi connectivity index (χ2n) is 3.92. The molecule has 0 fully saturated rings. The molecular formula is C14H16BrNO2S. The minimum atomic E-state index is -0.0596. The number of benzene rings is 1. The number of para-hydroxylation sites is 1. The molecule has 3 nitrogen and oxygen atoms in total. The van der Waals surface area contributed by atoms with Crippen LogP contribution in [0.15, 0.2) is 46.3 Å². The number of hydrogen-bond acceptors (Lipinski definition) is 4. The van der Waals surface area contributed by atoms with Gasteiger partial charge >= 0.3 is 0 Å². The van der Waals surface area contributed by atoms with Gasteiger partial charge in [0.2, 0.25) is 0 Å². The summed E-state index contributed by atoms with van der Waals surface area (Å²) in [6, 6.07) is 11.8. The molecule has 0 aliphatic carbocycles. The second kappa shape index (κ2) is 7.65. The molecule has 0 radical (unpaired) electrons. The van der Waals surface area contributed by atoms with Crippen LogP contribution in [-0.4, -0.2) is 19.8 Å². The first-order valence-electron chi connectivity index (χ1n) is 6.03. The fraction of sp³-hybridized carbons (Fsp3) is 0.286. The van der Waals surface area contributed by atoms with E-state index in [2.05, 4.69) is 15.9 Å². The number of thiophene rings is 1. The van der Waals surface area contributed by atoms with Crippen LogP contribution >= 0.6 is 27.3 Å². The molecule has 0 amide bonds. The van der Waals surface area contributed by atoms with Crippen molar-refractivity contribution in [1.29, 1.82) is 0 Å². The zero-order chi connectivity index (χ0) is 13.5. The highest BCUT2D eigenvalue weighted by Crippen LogP contribution is 2.27. The van der Waals surface area contributed by atoms with E-state index in [0.29, 0.717) is 19.8 Å². The topological polar surface area (TPSA) is 44.5 Å². The number of halogens is 1. The van der Waals surface area contributed by atoms with Crippen LogP contribution in [-0.2, 0) is 4.74 Å². The maximum Gasteiger partial charge on any atom is 0.119 e. The monoisotopic (exact) mass is 341 g/mol. The predicted octanol–water partition coefficient (Wildman–Crippen LogP) is 3.61. The highest BCUT2D eigenvalue weighted by Gasteiger charge is 2.12. The molecule has 1 aromatic heterocycles. The van der Waals surface area contributed by atoms with Gasteiger partial charge in [0.1, 0.15) is 18.5 Å². The summed E-state index contributed by atoms with van der Waals surface area (Å²) in [4.78, 5) is 1.13. The van der Waals surface area contributed by atoms with Gasteiger partial charge in [-0.25, -0.2) is 0 Å². The summed E-state index contributed by atoms with van der Waals surface area (Å²) in [5.41, 5.74) is 5.73. The molecule has 1 heterocycles. The van der Waals surface area contributed by atoms with Crippen molar-refractivity contribution in [2.24, 2.45) is 5.73 Å². The smallest absolute Gasteiger partial charge is 0.119 e. The van der Waals surface area contributed by atoms with E-state index in [4.69, 9.17) is 15.2 Å². The van der Waals surface area contributed by atoms with Crippen LogP contribution in [0.3, 0.4) is 0 Å². The third kappa shape index (κ3) is 4.62. The molecule has 0 aliphatic heterocycles. The Labute approximate surface area is 125 Å². The number of nitrogens with two attached hydrogens (primary N) is 1. The Kier molecular flexibility index (Phi) is 5.85. The van der Waals surface area contributed by atoms with Crippen LogP contribution in [0.1, 0.15) is 11.0 Å². The summed E-state index contributed by atoms with van der Waals surface area (Å²) >= 11 is 5.08. The van der Waals surface area contributed by atoms with E-state index in [1.165, 1.54) is 0 Å². The van der Waals surface area contributed by atoms with Gasteiger partial charge in [-0.05, 0) is 34.1 Å². The number of ether oxygens (including phenoxy) is 2. The summed E-state index contributed by atoms with van der Waals surface area (Å²) < 4.78 is 12.4. The number of hydrogen-bond donors (Lipinski definition) is 1. The third-order valence-corrected chi connectivity index (χ3v) is 4.32. The Morgan fingerprint density at radius 3 is 2.63 bits per heavy atom. The van der Waals surface area contributed by atoms with Gasteiger partial charge in [-0.2, -0.15) is 0 Å². The number of rotatable bonds is 7. The van der Waals surface area contributed by atoms with E-state index in [1.807, 2.05) is 41.8 Å². The average Bonchev–Trinajstić information content (AvgIpc) is 2.86. The van der Waals surface area contributed by atoms with Crippen LogP contribution < -0.4 is 10.5 Å². The Hall–Kier alpha value is -0.880. The Bertz CT molecular complexity index is 489. The van der Waals surface area contributed by atoms with E-state index >= 15 is 0 Å². The van der Waals surface area contributed by atoms with Crippen molar-refractivity contribution < 1.29 is 9.47 Å². The first-order chi connectivity index (χ1) is 9.29. The third-order valence-electron chi connectivity index (χ3n) is 2.53. The Balaban J connectivity index is 1.75. The molecule has 2 rings (SSSR count). The Morgan fingerprint density at radius 2 is 2.00 bits per heavy atom. The predicted molar refractivity (Wildman–Crippen MR) is 81.7 cm³/mol. The SMILES string of the molecule is NCC(OCCOc1ccccc1)c1cc(Br)cs1. The van der Waals surface area contributed by atoms with Crippen molar-refractivity contribution in [1.82, 2.24) is 0 Å². The minimum Gasteiger partial charge on any atom is -0.491 e. The van der Waals surface area contributed by atoms with E-state index in [9.17, 15) is 0 Å². The Morgan fingerprint density at radius 1 is 1.21 bits per heavy atom. The molecule has 0 aliphatic rings. The standard InChI is InChI=1S/C14H16BrNO2S/c15-11-8-14(19-10-11)13(9-16)18-7-6-17-12-4-2-1-3-5-12/h1-5,8,10,13H,6-7,9,16H2. The maximum absolute atomic E-state index is 5.75.